The molecule has 0 radical (unpaired) electrons. The quantitative estimate of drug-likeness (QED) is 0.841. The van der Waals surface area contributed by atoms with Crippen molar-refractivity contribution >= 4 is 11.6 Å². The molecule has 2 N–H and O–H groups in total. The van der Waals surface area contributed by atoms with Crippen LogP contribution in [0.2, 0.25) is 0 Å². The van der Waals surface area contributed by atoms with E-state index in [9.17, 15) is 4.79 Å². The Morgan fingerprint density at radius 1 is 1.30 bits per heavy atom. The van der Waals surface area contributed by atoms with Crippen molar-refractivity contribution in [2.45, 2.75) is 32.6 Å². The third-order valence-electron chi connectivity index (χ3n) is 3.91. The Kier molecular flexibility index (Phi) is 5.27. The maximum absolute atomic E-state index is 12.1. The lowest BCUT2D eigenvalue weighted by atomic mass is 9.92. The molecule has 0 atom stereocenters. The number of nitrogen functional groups attached to an aromatic ring is 1. The van der Waals surface area contributed by atoms with Gasteiger partial charge < -0.3 is 15.4 Å². The van der Waals surface area contributed by atoms with Crippen molar-refractivity contribution in [2.24, 2.45) is 5.92 Å². The van der Waals surface area contributed by atoms with E-state index in [2.05, 4.69) is 6.92 Å². The molecule has 110 valence electrons. The number of ether oxygens (including phenoxy) is 1. The molecule has 0 aromatic heterocycles. The summed E-state index contributed by atoms with van der Waals surface area (Å²) in [5.41, 5.74) is 6.30. The number of nitrogens with zero attached hydrogens (tertiary/aromatic N) is 1. The first kappa shape index (κ1) is 14.7. The van der Waals surface area contributed by atoms with Gasteiger partial charge >= 0.3 is 0 Å². The van der Waals surface area contributed by atoms with E-state index in [0.717, 1.165) is 31.8 Å². The van der Waals surface area contributed by atoms with Crippen molar-refractivity contribution in [2.75, 3.05) is 25.4 Å². The molecule has 4 nitrogen and oxygen atoms in total. The van der Waals surface area contributed by atoms with Gasteiger partial charge in [0, 0.05) is 18.8 Å². The molecule has 0 aliphatic carbocycles. The van der Waals surface area contributed by atoms with Crippen LogP contribution in [0.4, 0.5) is 5.69 Å². The lowest BCUT2D eigenvalue weighted by Crippen LogP contribution is -2.40. The van der Waals surface area contributed by atoms with Gasteiger partial charge in [0.25, 0.3) is 5.91 Å². The normalized spacial score (nSPS) is 16.1. The maximum Gasteiger partial charge on any atom is 0.260 e. The third kappa shape index (κ3) is 4.15. The van der Waals surface area contributed by atoms with Gasteiger partial charge in [0.2, 0.25) is 0 Å². The van der Waals surface area contributed by atoms with Crippen LogP contribution in [0.5, 0.6) is 5.75 Å². The average Bonchev–Trinajstić information content (AvgIpc) is 2.47. The molecule has 1 fully saturated rings. The number of rotatable bonds is 5. The van der Waals surface area contributed by atoms with E-state index < -0.39 is 0 Å². The Morgan fingerprint density at radius 3 is 2.55 bits per heavy atom. The molecular formula is C16H24N2O2. The van der Waals surface area contributed by atoms with Crippen LogP contribution in [0.1, 0.15) is 32.6 Å². The topological polar surface area (TPSA) is 55.6 Å². The molecule has 0 saturated carbocycles. The molecule has 0 unspecified atom stereocenters. The van der Waals surface area contributed by atoms with Gasteiger partial charge in [0.1, 0.15) is 5.75 Å². The first-order valence-corrected chi connectivity index (χ1v) is 7.45. The van der Waals surface area contributed by atoms with Gasteiger partial charge in [-0.05, 0) is 43.0 Å². The number of carbonyl (C=O) groups excluding carboxylic acids is 1. The number of nitrogens with two attached hydrogens (primary N) is 1. The van der Waals surface area contributed by atoms with Crippen molar-refractivity contribution in [1.29, 1.82) is 0 Å². The Labute approximate surface area is 120 Å². The fraction of sp³-hybridized carbons (Fsp3) is 0.562. The Hall–Kier alpha value is -1.71. The number of benzene rings is 1. The van der Waals surface area contributed by atoms with Gasteiger partial charge in [0.05, 0.1) is 0 Å². The molecule has 1 heterocycles. The van der Waals surface area contributed by atoms with E-state index in [1.165, 1.54) is 12.8 Å². The predicted octanol–water partition coefficient (Wildman–Crippen LogP) is 2.69. The van der Waals surface area contributed by atoms with Crippen LogP contribution in [0, 0.1) is 5.92 Å². The minimum Gasteiger partial charge on any atom is -0.484 e. The highest BCUT2D eigenvalue weighted by molar-refractivity contribution is 5.77. The molecule has 1 aliphatic heterocycles. The van der Waals surface area contributed by atoms with Crippen LogP contribution in [0.3, 0.4) is 0 Å². The standard InChI is InChI=1S/C16H24N2O2/c1-2-3-13-8-10-18(11-9-13)16(19)12-20-15-6-4-14(17)5-7-15/h4-7,13H,2-3,8-12,17H2,1H3. The second kappa shape index (κ2) is 7.17. The summed E-state index contributed by atoms with van der Waals surface area (Å²) in [6.45, 7) is 4.07. The van der Waals surface area contributed by atoms with Crippen molar-refractivity contribution < 1.29 is 9.53 Å². The zero-order valence-electron chi connectivity index (χ0n) is 12.2. The van der Waals surface area contributed by atoms with Gasteiger partial charge in [0.15, 0.2) is 6.61 Å². The van der Waals surface area contributed by atoms with Gasteiger partial charge in [-0.2, -0.15) is 0 Å². The molecule has 0 bridgehead atoms. The number of hydrogen-bond acceptors (Lipinski definition) is 3. The number of piperidine rings is 1. The van der Waals surface area contributed by atoms with E-state index in [4.69, 9.17) is 10.5 Å². The Bertz CT molecular complexity index is 423. The zero-order valence-corrected chi connectivity index (χ0v) is 12.2. The number of anilines is 1. The highest BCUT2D eigenvalue weighted by atomic mass is 16.5. The summed E-state index contributed by atoms with van der Waals surface area (Å²) >= 11 is 0. The van der Waals surface area contributed by atoms with E-state index in [1.54, 1.807) is 24.3 Å². The summed E-state index contributed by atoms with van der Waals surface area (Å²) in [4.78, 5) is 14.0. The summed E-state index contributed by atoms with van der Waals surface area (Å²) in [5.74, 6) is 1.56. The van der Waals surface area contributed by atoms with Crippen LogP contribution >= 0.6 is 0 Å². The summed E-state index contributed by atoms with van der Waals surface area (Å²) in [6, 6.07) is 7.12. The van der Waals surface area contributed by atoms with E-state index >= 15 is 0 Å². The molecule has 1 aromatic rings. The second-order valence-corrected chi connectivity index (χ2v) is 5.47. The number of carbonyl (C=O) groups is 1. The molecule has 2 rings (SSSR count). The summed E-state index contributed by atoms with van der Waals surface area (Å²) < 4.78 is 5.50. The van der Waals surface area contributed by atoms with Crippen molar-refractivity contribution in [3.05, 3.63) is 24.3 Å². The monoisotopic (exact) mass is 276 g/mol. The smallest absolute Gasteiger partial charge is 0.260 e. The number of likely N-dealkylation sites (tertiary alicyclic amines) is 1. The first-order valence-electron chi connectivity index (χ1n) is 7.45. The molecule has 0 spiro atoms. The highest BCUT2D eigenvalue weighted by Gasteiger charge is 2.22. The fourth-order valence-electron chi connectivity index (χ4n) is 2.68. The molecule has 4 heteroatoms. The number of amides is 1. The van der Waals surface area contributed by atoms with E-state index in [0.29, 0.717) is 11.4 Å². The third-order valence-corrected chi connectivity index (χ3v) is 3.91. The van der Waals surface area contributed by atoms with Crippen LogP contribution in [-0.4, -0.2) is 30.5 Å². The van der Waals surface area contributed by atoms with Crippen molar-refractivity contribution in [1.82, 2.24) is 4.90 Å². The van der Waals surface area contributed by atoms with Crippen LogP contribution in [-0.2, 0) is 4.79 Å². The van der Waals surface area contributed by atoms with Crippen LogP contribution in [0.25, 0.3) is 0 Å². The SMILES string of the molecule is CCCC1CCN(C(=O)COc2ccc(N)cc2)CC1. The summed E-state index contributed by atoms with van der Waals surface area (Å²) in [6.07, 6.45) is 4.77. The highest BCUT2D eigenvalue weighted by Crippen LogP contribution is 2.22. The first-order chi connectivity index (χ1) is 9.69. The number of hydrogen-bond donors (Lipinski definition) is 1. The largest absolute Gasteiger partial charge is 0.484 e. The average molecular weight is 276 g/mol. The predicted molar refractivity (Wildman–Crippen MR) is 80.6 cm³/mol. The summed E-state index contributed by atoms with van der Waals surface area (Å²) in [5, 5.41) is 0. The van der Waals surface area contributed by atoms with E-state index in [1.807, 2.05) is 4.90 Å². The van der Waals surface area contributed by atoms with Gasteiger partial charge in [-0.1, -0.05) is 19.8 Å². The molecule has 1 saturated heterocycles. The second-order valence-electron chi connectivity index (χ2n) is 5.47. The Morgan fingerprint density at radius 2 is 1.95 bits per heavy atom. The Balaban J connectivity index is 1.74. The summed E-state index contributed by atoms with van der Waals surface area (Å²) in [7, 11) is 0. The van der Waals surface area contributed by atoms with Crippen molar-refractivity contribution in [3.63, 3.8) is 0 Å². The minimum atomic E-state index is 0.0803. The molecule has 1 aliphatic rings. The fourth-order valence-corrected chi connectivity index (χ4v) is 2.68. The maximum atomic E-state index is 12.1. The lowest BCUT2D eigenvalue weighted by molar-refractivity contribution is -0.134. The molecule has 20 heavy (non-hydrogen) atoms. The molecule has 1 amide bonds. The van der Waals surface area contributed by atoms with Crippen LogP contribution in [0.15, 0.2) is 24.3 Å². The molecular weight excluding hydrogens is 252 g/mol. The van der Waals surface area contributed by atoms with Gasteiger partial charge in [-0.15, -0.1) is 0 Å². The van der Waals surface area contributed by atoms with Crippen molar-refractivity contribution in [3.8, 4) is 5.75 Å². The van der Waals surface area contributed by atoms with Crippen LogP contribution < -0.4 is 10.5 Å². The minimum absolute atomic E-state index is 0.0803. The van der Waals surface area contributed by atoms with Gasteiger partial charge in [-0.3, -0.25) is 4.79 Å². The van der Waals surface area contributed by atoms with Gasteiger partial charge in [-0.25, -0.2) is 0 Å². The zero-order chi connectivity index (χ0) is 14.4. The lowest BCUT2D eigenvalue weighted by Gasteiger charge is -2.31. The molecule has 1 aromatic carbocycles. The van der Waals surface area contributed by atoms with E-state index in [-0.39, 0.29) is 12.5 Å².